The molecule has 5 nitrogen and oxygen atoms in total. The normalized spacial score (nSPS) is 12.1. The summed E-state index contributed by atoms with van der Waals surface area (Å²) < 4.78 is 40.8. The molecule has 0 spiro atoms. The van der Waals surface area contributed by atoms with Crippen LogP contribution in [0.5, 0.6) is 0 Å². The molecule has 0 atom stereocenters. The van der Waals surface area contributed by atoms with Crippen LogP contribution in [0.15, 0.2) is 71.8 Å². The zero-order valence-corrected chi connectivity index (χ0v) is 15.0. The highest BCUT2D eigenvalue weighted by molar-refractivity contribution is 5.99. The van der Waals surface area contributed by atoms with Crippen molar-refractivity contribution in [1.29, 1.82) is 0 Å². The fourth-order valence-electron chi connectivity index (χ4n) is 3.17. The Labute approximate surface area is 163 Å². The van der Waals surface area contributed by atoms with Crippen molar-refractivity contribution in [2.24, 2.45) is 5.10 Å². The third-order valence-corrected chi connectivity index (χ3v) is 4.43. The summed E-state index contributed by atoms with van der Waals surface area (Å²) in [6.45, 7) is -0.553. The average molecular weight is 396 g/mol. The van der Waals surface area contributed by atoms with E-state index in [2.05, 4.69) is 15.5 Å². The Hall–Kier alpha value is -3.68. The number of benzene rings is 3. The Morgan fingerprint density at radius 1 is 1.03 bits per heavy atom. The number of imidazole rings is 1. The number of amides is 1. The lowest BCUT2D eigenvalue weighted by Crippen LogP contribution is -2.26. The van der Waals surface area contributed by atoms with E-state index in [1.807, 2.05) is 42.5 Å². The molecule has 0 radical (unpaired) electrons. The van der Waals surface area contributed by atoms with Gasteiger partial charge < -0.3 is 4.57 Å². The van der Waals surface area contributed by atoms with Crippen LogP contribution in [0.1, 0.15) is 11.4 Å². The number of hydrogen-bond donors (Lipinski definition) is 1. The summed E-state index contributed by atoms with van der Waals surface area (Å²) in [4.78, 5) is 15.9. The third-order valence-electron chi connectivity index (χ3n) is 4.43. The van der Waals surface area contributed by atoms with Crippen LogP contribution in [0.3, 0.4) is 0 Å². The van der Waals surface area contributed by atoms with Gasteiger partial charge >= 0.3 is 6.18 Å². The molecule has 0 aliphatic heterocycles. The standard InChI is InChI=1S/C21H15F3N4O/c22-21(23,24)20-26-17-10-3-4-11-18(17)28(20)13-19(29)27-25-12-15-8-5-7-14-6-1-2-9-16(14)15/h1-12H,13H2,(H,27,29)/b25-12+. The fraction of sp³-hybridized carbons (Fsp3) is 0.0952. The van der Waals surface area contributed by atoms with Gasteiger partial charge in [0.05, 0.1) is 17.2 Å². The smallest absolute Gasteiger partial charge is 0.311 e. The Bertz CT molecular complexity index is 1220. The number of carbonyl (C=O) groups is 1. The van der Waals surface area contributed by atoms with E-state index >= 15 is 0 Å². The Morgan fingerprint density at radius 3 is 2.59 bits per heavy atom. The van der Waals surface area contributed by atoms with Gasteiger partial charge in [0.15, 0.2) is 0 Å². The number of carbonyl (C=O) groups excluding carboxylic acids is 1. The van der Waals surface area contributed by atoms with E-state index in [0.717, 1.165) is 20.9 Å². The number of hydrogen-bond acceptors (Lipinski definition) is 3. The van der Waals surface area contributed by atoms with Gasteiger partial charge in [-0.25, -0.2) is 10.4 Å². The molecule has 29 heavy (non-hydrogen) atoms. The first kappa shape index (κ1) is 18.7. The molecule has 8 heteroatoms. The number of nitrogens with zero attached hydrogens (tertiary/aromatic N) is 3. The summed E-state index contributed by atoms with van der Waals surface area (Å²) in [5.41, 5.74) is 3.48. The van der Waals surface area contributed by atoms with Crippen molar-refractivity contribution < 1.29 is 18.0 Å². The number of rotatable bonds is 4. The summed E-state index contributed by atoms with van der Waals surface area (Å²) in [6, 6.07) is 19.5. The van der Waals surface area contributed by atoms with E-state index in [1.54, 1.807) is 12.1 Å². The van der Waals surface area contributed by atoms with Crippen molar-refractivity contribution in [2.75, 3.05) is 0 Å². The summed E-state index contributed by atoms with van der Waals surface area (Å²) in [5, 5.41) is 5.87. The fourth-order valence-corrected chi connectivity index (χ4v) is 3.17. The van der Waals surface area contributed by atoms with Crippen molar-refractivity contribution in [3.05, 3.63) is 78.1 Å². The minimum atomic E-state index is -4.68. The van der Waals surface area contributed by atoms with Gasteiger partial charge in [0.1, 0.15) is 6.54 Å². The monoisotopic (exact) mass is 396 g/mol. The minimum Gasteiger partial charge on any atom is -0.311 e. The molecule has 1 N–H and O–H groups in total. The molecule has 1 aromatic heterocycles. The maximum Gasteiger partial charge on any atom is 0.449 e. The van der Waals surface area contributed by atoms with Crippen molar-refractivity contribution in [3.8, 4) is 0 Å². The zero-order valence-electron chi connectivity index (χ0n) is 15.0. The van der Waals surface area contributed by atoms with Crippen molar-refractivity contribution in [2.45, 2.75) is 12.7 Å². The van der Waals surface area contributed by atoms with E-state index in [-0.39, 0.29) is 11.0 Å². The largest absolute Gasteiger partial charge is 0.449 e. The summed E-state index contributed by atoms with van der Waals surface area (Å²) >= 11 is 0. The number of nitrogens with one attached hydrogen (secondary N) is 1. The summed E-state index contributed by atoms with van der Waals surface area (Å²) in [5.74, 6) is -1.80. The Morgan fingerprint density at radius 2 is 1.76 bits per heavy atom. The SMILES string of the molecule is O=C(Cn1c(C(F)(F)F)nc2ccccc21)N/N=C/c1cccc2ccccc12. The van der Waals surface area contributed by atoms with E-state index in [4.69, 9.17) is 0 Å². The first-order chi connectivity index (χ1) is 13.9. The van der Waals surface area contributed by atoms with Gasteiger partial charge in [0, 0.05) is 5.56 Å². The van der Waals surface area contributed by atoms with Gasteiger partial charge in [-0.15, -0.1) is 0 Å². The van der Waals surface area contributed by atoms with Crippen LogP contribution in [0, 0.1) is 0 Å². The van der Waals surface area contributed by atoms with E-state index in [1.165, 1.54) is 18.3 Å². The molecule has 4 rings (SSSR count). The van der Waals surface area contributed by atoms with E-state index in [9.17, 15) is 18.0 Å². The summed E-state index contributed by atoms with van der Waals surface area (Å²) in [7, 11) is 0. The van der Waals surface area contributed by atoms with Gasteiger partial charge in [-0.2, -0.15) is 18.3 Å². The van der Waals surface area contributed by atoms with Crippen LogP contribution in [-0.2, 0) is 17.5 Å². The number of para-hydroxylation sites is 2. The number of aromatic nitrogens is 2. The number of fused-ring (bicyclic) bond motifs is 2. The number of halogens is 3. The van der Waals surface area contributed by atoms with Crippen LogP contribution in [-0.4, -0.2) is 21.7 Å². The molecule has 0 unspecified atom stereocenters. The lowest BCUT2D eigenvalue weighted by molar-refractivity contribution is -0.147. The molecule has 3 aromatic carbocycles. The second-order valence-corrected chi connectivity index (χ2v) is 6.37. The molecule has 0 saturated carbocycles. The molecular formula is C21H15F3N4O. The number of hydrazone groups is 1. The van der Waals surface area contributed by atoms with Crippen molar-refractivity contribution in [1.82, 2.24) is 15.0 Å². The molecule has 4 aromatic rings. The molecule has 1 amide bonds. The molecule has 0 bridgehead atoms. The predicted molar refractivity (Wildman–Crippen MR) is 104 cm³/mol. The van der Waals surface area contributed by atoms with Crippen LogP contribution in [0.2, 0.25) is 0 Å². The van der Waals surface area contributed by atoms with E-state index in [0.29, 0.717) is 0 Å². The maximum atomic E-state index is 13.3. The van der Waals surface area contributed by atoms with Crippen molar-refractivity contribution in [3.63, 3.8) is 0 Å². The maximum absolute atomic E-state index is 13.3. The average Bonchev–Trinajstić information content (AvgIpc) is 3.07. The molecule has 146 valence electrons. The van der Waals surface area contributed by atoms with Crippen LogP contribution >= 0.6 is 0 Å². The highest BCUT2D eigenvalue weighted by Crippen LogP contribution is 2.31. The quantitative estimate of drug-likeness (QED) is 0.412. The Kier molecular flexibility index (Phi) is 4.75. The molecule has 0 aliphatic rings. The first-order valence-electron chi connectivity index (χ1n) is 8.75. The van der Waals surface area contributed by atoms with Gasteiger partial charge in [-0.1, -0.05) is 54.6 Å². The summed E-state index contributed by atoms with van der Waals surface area (Å²) in [6.07, 6.45) is -3.21. The topological polar surface area (TPSA) is 59.3 Å². The Balaban J connectivity index is 1.55. The van der Waals surface area contributed by atoms with Crippen LogP contribution in [0.4, 0.5) is 13.2 Å². The third kappa shape index (κ3) is 3.82. The van der Waals surface area contributed by atoms with Crippen LogP contribution in [0.25, 0.3) is 21.8 Å². The van der Waals surface area contributed by atoms with Gasteiger partial charge in [0.2, 0.25) is 5.82 Å². The zero-order chi connectivity index (χ0) is 20.4. The highest BCUT2D eigenvalue weighted by atomic mass is 19.4. The first-order valence-corrected chi connectivity index (χ1v) is 8.75. The van der Waals surface area contributed by atoms with Crippen LogP contribution < -0.4 is 5.43 Å². The molecule has 1 heterocycles. The molecule has 0 fully saturated rings. The lowest BCUT2D eigenvalue weighted by atomic mass is 10.1. The minimum absolute atomic E-state index is 0.173. The lowest BCUT2D eigenvalue weighted by Gasteiger charge is -2.10. The van der Waals surface area contributed by atoms with Crippen molar-refractivity contribution >= 4 is 33.9 Å². The van der Waals surface area contributed by atoms with Gasteiger partial charge in [-0.05, 0) is 22.9 Å². The predicted octanol–water partition coefficient (Wildman–Crippen LogP) is 4.36. The number of alkyl halides is 3. The van der Waals surface area contributed by atoms with E-state index < -0.39 is 24.5 Å². The second kappa shape index (κ2) is 7.38. The van der Waals surface area contributed by atoms with Gasteiger partial charge in [0.25, 0.3) is 5.91 Å². The second-order valence-electron chi connectivity index (χ2n) is 6.37. The van der Waals surface area contributed by atoms with Gasteiger partial charge in [-0.3, -0.25) is 4.79 Å². The molecule has 0 aliphatic carbocycles. The highest BCUT2D eigenvalue weighted by Gasteiger charge is 2.37. The molecule has 0 saturated heterocycles. The molecular weight excluding hydrogens is 381 g/mol.